The number of aromatic hydroxyl groups is 1. The molecule has 3 heteroatoms. The number of hydrogen-bond acceptors (Lipinski definition) is 2. The molecule has 1 aromatic heterocycles. The molecule has 0 atom stereocenters. The van der Waals surface area contributed by atoms with Gasteiger partial charge in [0.2, 0.25) is 0 Å². The number of imidazole rings is 1. The van der Waals surface area contributed by atoms with Crippen LogP contribution < -0.4 is 0 Å². The summed E-state index contributed by atoms with van der Waals surface area (Å²) >= 11 is 0. The lowest BCUT2D eigenvalue weighted by atomic mass is 9.91. The first kappa shape index (κ1) is 20.2. The lowest BCUT2D eigenvalue weighted by Crippen LogP contribution is -2.09. The quantitative estimate of drug-likeness (QED) is 0.816. The lowest BCUT2D eigenvalue weighted by Gasteiger charge is -2.15. The monoisotopic (exact) mass is 304 g/mol. The van der Waals surface area contributed by atoms with Gasteiger partial charge in [0.15, 0.2) is 0 Å². The molecule has 0 aliphatic heterocycles. The Labute approximate surface area is 135 Å². The van der Waals surface area contributed by atoms with Gasteiger partial charge in [-0.2, -0.15) is 0 Å². The average molecular weight is 304 g/mol. The van der Waals surface area contributed by atoms with Gasteiger partial charge in [0.1, 0.15) is 5.75 Å². The molecule has 2 rings (SSSR count). The molecule has 0 fully saturated rings. The Bertz CT molecular complexity index is 493. The van der Waals surface area contributed by atoms with E-state index in [0.29, 0.717) is 17.1 Å². The summed E-state index contributed by atoms with van der Waals surface area (Å²) in [4.78, 5) is 7.03. The third-order valence-corrected chi connectivity index (χ3v) is 2.86. The molecule has 0 aliphatic carbocycles. The normalized spacial score (nSPS) is 10.6. The molecule has 124 valence electrons. The first-order valence-electron chi connectivity index (χ1n) is 7.51. The van der Waals surface area contributed by atoms with E-state index in [4.69, 9.17) is 5.11 Å². The van der Waals surface area contributed by atoms with Crippen LogP contribution in [0.1, 0.15) is 53.3 Å². The summed E-state index contributed by atoms with van der Waals surface area (Å²) in [6, 6.07) is 7.40. The number of hydrogen-bond donors (Lipinski definition) is 2. The van der Waals surface area contributed by atoms with Gasteiger partial charge in [0.05, 0.1) is 6.33 Å². The third-order valence-electron chi connectivity index (χ3n) is 2.86. The minimum absolute atomic E-state index is 0. The van der Waals surface area contributed by atoms with E-state index in [1.807, 2.05) is 18.3 Å². The molecule has 0 spiro atoms. The molecule has 22 heavy (non-hydrogen) atoms. The van der Waals surface area contributed by atoms with E-state index in [1.54, 1.807) is 18.5 Å². The smallest absolute Gasteiger partial charge is 0.115 e. The Kier molecular flexibility index (Phi) is 8.54. The van der Waals surface area contributed by atoms with Gasteiger partial charge < -0.3 is 10.1 Å². The van der Waals surface area contributed by atoms with E-state index in [-0.39, 0.29) is 7.43 Å². The topological polar surface area (TPSA) is 48.9 Å². The minimum Gasteiger partial charge on any atom is -0.508 e. The van der Waals surface area contributed by atoms with E-state index < -0.39 is 0 Å². The Balaban J connectivity index is 0.000000385. The number of benzene rings is 1. The molecule has 0 unspecified atom stereocenters. The van der Waals surface area contributed by atoms with Crippen LogP contribution in [0.25, 0.3) is 0 Å². The Morgan fingerprint density at radius 2 is 1.73 bits per heavy atom. The van der Waals surface area contributed by atoms with Gasteiger partial charge in [0, 0.05) is 11.9 Å². The summed E-state index contributed by atoms with van der Waals surface area (Å²) in [5.41, 5.74) is 2.86. The summed E-state index contributed by atoms with van der Waals surface area (Å²) in [5.74, 6) is 1.03. The predicted molar refractivity (Wildman–Crippen MR) is 95.1 cm³/mol. The zero-order chi connectivity index (χ0) is 15.9. The van der Waals surface area contributed by atoms with E-state index in [2.05, 4.69) is 44.6 Å². The molecular weight excluding hydrogens is 272 g/mol. The Hall–Kier alpha value is -1.77. The van der Waals surface area contributed by atoms with Crippen molar-refractivity contribution in [2.24, 2.45) is 11.3 Å². The highest BCUT2D eigenvalue weighted by Crippen LogP contribution is 2.18. The maximum Gasteiger partial charge on any atom is 0.115 e. The van der Waals surface area contributed by atoms with E-state index in [1.165, 1.54) is 11.3 Å². The highest BCUT2D eigenvalue weighted by atomic mass is 16.3. The van der Waals surface area contributed by atoms with Gasteiger partial charge in [-0.15, -0.1) is 0 Å². The van der Waals surface area contributed by atoms with Gasteiger partial charge in [-0.3, -0.25) is 0 Å². The SMILES string of the molecule is C.CC(C)(C)Cc1cnc[nH]1.CC(C)Cc1ccc(O)cc1. The number of aromatic nitrogens is 2. The largest absolute Gasteiger partial charge is 0.508 e. The van der Waals surface area contributed by atoms with Crippen LogP contribution in [0.2, 0.25) is 0 Å². The number of nitrogens with one attached hydrogen (secondary N) is 1. The number of H-pyrrole nitrogens is 1. The second-order valence-electron chi connectivity index (χ2n) is 7.08. The summed E-state index contributed by atoms with van der Waals surface area (Å²) < 4.78 is 0. The van der Waals surface area contributed by atoms with Gasteiger partial charge in [-0.25, -0.2) is 4.98 Å². The first-order chi connectivity index (χ1) is 9.76. The fourth-order valence-electron chi connectivity index (χ4n) is 2.06. The third kappa shape index (κ3) is 9.22. The molecule has 2 N–H and O–H groups in total. The molecule has 1 aromatic carbocycles. The minimum atomic E-state index is 0. The van der Waals surface area contributed by atoms with Crippen LogP contribution in [0.15, 0.2) is 36.8 Å². The molecule has 2 aromatic rings. The molecule has 3 nitrogen and oxygen atoms in total. The van der Waals surface area contributed by atoms with Crippen molar-refractivity contribution in [3.8, 4) is 5.75 Å². The van der Waals surface area contributed by atoms with Crippen LogP contribution in [0.4, 0.5) is 0 Å². The van der Waals surface area contributed by atoms with E-state index in [9.17, 15) is 0 Å². The number of aromatic amines is 1. The van der Waals surface area contributed by atoms with Crippen LogP contribution in [-0.4, -0.2) is 15.1 Å². The van der Waals surface area contributed by atoms with Crippen molar-refractivity contribution in [2.75, 3.05) is 0 Å². The second kappa shape index (κ2) is 9.29. The van der Waals surface area contributed by atoms with Crippen molar-refractivity contribution in [1.82, 2.24) is 9.97 Å². The van der Waals surface area contributed by atoms with Gasteiger partial charge >= 0.3 is 0 Å². The Morgan fingerprint density at radius 3 is 2.14 bits per heavy atom. The summed E-state index contributed by atoms with van der Waals surface area (Å²) in [6.45, 7) is 11.0. The summed E-state index contributed by atoms with van der Waals surface area (Å²) in [5, 5.41) is 8.99. The average Bonchev–Trinajstić information content (AvgIpc) is 2.83. The predicted octanol–water partition coefficient (Wildman–Crippen LogP) is 5.23. The fraction of sp³-hybridized carbons (Fsp3) is 0.526. The number of phenolic OH excluding ortho intramolecular Hbond substituents is 1. The van der Waals surface area contributed by atoms with Crippen LogP contribution in [-0.2, 0) is 12.8 Å². The molecule has 0 radical (unpaired) electrons. The molecule has 1 heterocycles. The molecular formula is C19H32N2O. The summed E-state index contributed by atoms with van der Waals surface area (Å²) in [6.07, 6.45) is 5.75. The van der Waals surface area contributed by atoms with Gasteiger partial charge in [-0.1, -0.05) is 54.2 Å². The lowest BCUT2D eigenvalue weighted by molar-refractivity contribution is 0.407. The molecule has 0 saturated heterocycles. The van der Waals surface area contributed by atoms with Crippen LogP contribution in [0, 0.1) is 11.3 Å². The van der Waals surface area contributed by atoms with Crippen molar-refractivity contribution < 1.29 is 5.11 Å². The maximum atomic E-state index is 8.99. The number of phenols is 1. The van der Waals surface area contributed by atoms with Crippen molar-refractivity contribution in [3.05, 3.63) is 48.0 Å². The van der Waals surface area contributed by atoms with Crippen LogP contribution in [0.5, 0.6) is 5.75 Å². The highest BCUT2D eigenvalue weighted by Gasteiger charge is 2.11. The Morgan fingerprint density at radius 1 is 1.14 bits per heavy atom. The second-order valence-corrected chi connectivity index (χ2v) is 7.08. The number of nitrogens with zero attached hydrogens (tertiary/aromatic N) is 1. The zero-order valence-electron chi connectivity index (χ0n) is 13.9. The standard InChI is InChI=1S/C10H14O.C8H14N2.CH4/c1-8(2)7-9-3-5-10(11)6-4-9;1-8(2,3)4-7-5-9-6-10-7;/h3-6,8,11H,7H2,1-2H3;5-6H,4H2,1-3H3,(H,9,10);1H4. The van der Waals surface area contributed by atoms with Crippen molar-refractivity contribution in [1.29, 1.82) is 0 Å². The molecule has 0 aliphatic rings. The van der Waals surface area contributed by atoms with Crippen molar-refractivity contribution in [2.45, 2.75) is 54.9 Å². The molecule has 0 amide bonds. The molecule has 0 bridgehead atoms. The number of rotatable bonds is 3. The van der Waals surface area contributed by atoms with Crippen molar-refractivity contribution >= 4 is 0 Å². The zero-order valence-corrected chi connectivity index (χ0v) is 13.9. The van der Waals surface area contributed by atoms with Crippen molar-refractivity contribution in [3.63, 3.8) is 0 Å². The fourth-order valence-corrected chi connectivity index (χ4v) is 2.06. The van der Waals surface area contributed by atoms with Gasteiger partial charge in [0.25, 0.3) is 0 Å². The van der Waals surface area contributed by atoms with Gasteiger partial charge in [-0.05, 0) is 41.9 Å². The van der Waals surface area contributed by atoms with E-state index in [0.717, 1.165) is 12.8 Å². The highest BCUT2D eigenvalue weighted by molar-refractivity contribution is 5.25. The van der Waals surface area contributed by atoms with Crippen LogP contribution >= 0.6 is 0 Å². The summed E-state index contributed by atoms with van der Waals surface area (Å²) in [7, 11) is 0. The molecule has 0 saturated carbocycles. The first-order valence-corrected chi connectivity index (χ1v) is 7.51. The van der Waals surface area contributed by atoms with Crippen LogP contribution in [0.3, 0.4) is 0 Å². The van der Waals surface area contributed by atoms with E-state index >= 15 is 0 Å². The maximum absolute atomic E-state index is 8.99.